The fourth-order valence-electron chi connectivity index (χ4n) is 0.962. The van der Waals surface area contributed by atoms with Gasteiger partial charge in [-0.15, -0.1) is 0 Å². The fraction of sp³-hybridized carbons (Fsp3) is 0.250. The Morgan fingerprint density at radius 2 is 1.53 bits per heavy atom. The van der Waals surface area contributed by atoms with E-state index < -0.39 is 42.1 Å². The monoisotopic (exact) mass is 292 g/mol. The smallest absolute Gasteiger partial charge is 0.212 e. The zero-order valence-electron chi connectivity index (χ0n) is 7.91. The van der Waals surface area contributed by atoms with Crippen molar-refractivity contribution in [3.63, 3.8) is 0 Å². The van der Waals surface area contributed by atoms with E-state index in [0.29, 0.717) is 24.3 Å². The summed E-state index contributed by atoms with van der Waals surface area (Å²) in [6.45, 7) is 0. The average Bonchev–Trinajstić information content (AvgIpc) is 2.14. The second-order valence-electron chi connectivity index (χ2n) is 2.83. The zero-order valence-corrected chi connectivity index (χ0v) is 9.54. The molecule has 0 aliphatic rings. The summed E-state index contributed by atoms with van der Waals surface area (Å²) in [5.74, 6) is -3.15. The minimum Gasteiger partial charge on any atom is -0.212 e. The molecule has 0 saturated carbocycles. The number of alkyl halides is 5. The molecule has 0 aromatic heterocycles. The minimum absolute atomic E-state index is 0.527. The highest BCUT2D eigenvalue weighted by Crippen LogP contribution is 2.32. The van der Waals surface area contributed by atoms with Crippen molar-refractivity contribution in [2.24, 2.45) is 0 Å². The average molecular weight is 292 g/mol. The highest BCUT2D eigenvalue weighted by atomic mass is 33.1. The standard InChI is InChI=1S/C8H5F5O2S2/c9-7(10)16-17(14,15)6-3-1-5(2-4-6)8(11,12)13/h1-4,7H. The van der Waals surface area contributed by atoms with Gasteiger partial charge in [0.05, 0.1) is 10.5 Å². The van der Waals surface area contributed by atoms with Crippen molar-refractivity contribution < 1.29 is 30.4 Å². The Labute approximate surface area is 97.1 Å². The first kappa shape index (κ1) is 14.2. The number of hydrogen-bond donors (Lipinski definition) is 0. The summed E-state index contributed by atoms with van der Waals surface area (Å²) in [5, 5.41) is 0. The molecule has 0 aliphatic carbocycles. The van der Waals surface area contributed by atoms with Crippen molar-refractivity contribution >= 4 is 19.7 Å². The van der Waals surface area contributed by atoms with E-state index in [4.69, 9.17) is 0 Å². The van der Waals surface area contributed by atoms with Gasteiger partial charge in [0.15, 0.2) is 0 Å². The van der Waals surface area contributed by atoms with E-state index >= 15 is 0 Å². The van der Waals surface area contributed by atoms with Gasteiger partial charge in [-0.2, -0.15) is 22.0 Å². The second-order valence-corrected chi connectivity index (χ2v) is 6.66. The van der Waals surface area contributed by atoms with Crippen LogP contribution in [0.25, 0.3) is 0 Å². The molecule has 0 aliphatic heterocycles. The van der Waals surface area contributed by atoms with Crippen LogP contribution in [0.4, 0.5) is 22.0 Å². The Hall–Kier alpha value is -0.830. The largest absolute Gasteiger partial charge is 0.416 e. The fourth-order valence-corrected chi connectivity index (χ4v) is 2.98. The van der Waals surface area contributed by atoms with Gasteiger partial charge in [-0.25, -0.2) is 8.42 Å². The number of rotatable bonds is 3. The Bertz CT molecular complexity index is 478. The molecule has 9 heteroatoms. The lowest BCUT2D eigenvalue weighted by Gasteiger charge is -2.07. The summed E-state index contributed by atoms with van der Waals surface area (Å²) in [6.07, 6.45) is -4.60. The van der Waals surface area contributed by atoms with Gasteiger partial charge in [0.25, 0.3) is 5.76 Å². The summed E-state index contributed by atoms with van der Waals surface area (Å²) in [4.78, 5) is -0.587. The van der Waals surface area contributed by atoms with Crippen LogP contribution in [0.1, 0.15) is 5.56 Å². The SMILES string of the molecule is O=S(=O)(SC(F)F)c1ccc(C(F)(F)F)cc1. The highest BCUT2D eigenvalue weighted by Gasteiger charge is 2.31. The molecule has 0 bridgehead atoms. The van der Waals surface area contributed by atoms with Crippen LogP contribution < -0.4 is 0 Å². The van der Waals surface area contributed by atoms with E-state index in [2.05, 4.69) is 0 Å². The van der Waals surface area contributed by atoms with E-state index in [0.717, 1.165) is 0 Å². The molecule has 0 fully saturated rings. The first-order valence-electron chi connectivity index (χ1n) is 4.01. The maximum absolute atomic E-state index is 12.2. The third kappa shape index (κ3) is 3.84. The summed E-state index contributed by atoms with van der Waals surface area (Å²) >= 11 is 0. The molecule has 1 aromatic rings. The van der Waals surface area contributed by atoms with E-state index in [1.165, 1.54) is 0 Å². The zero-order chi connectivity index (χ0) is 13.3. The highest BCUT2D eigenvalue weighted by molar-refractivity contribution is 8.72. The minimum atomic E-state index is -4.60. The van der Waals surface area contributed by atoms with Gasteiger partial charge >= 0.3 is 6.18 Å². The Kier molecular flexibility index (Phi) is 4.03. The maximum atomic E-state index is 12.2. The molecule has 0 heterocycles. The molecular weight excluding hydrogens is 287 g/mol. The predicted molar refractivity (Wildman–Crippen MR) is 52.2 cm³/mol. The van der Waals surface area contributed by atoms with Crippen LogP contribution in [0.2, 0.25) is 0 Å². The maximum Gasteiger partial charge on any atom is 0.416 e. The lowest BCUT2D eigenvalue weighted by atomic mass is 10.2. The second kappa shape index (κ2) is 4.81. The molecule has 0 unspecified atom stereocenters. The van der Waals surface area contributed by atoms with Gasteiger partial charge in [0, 0.05) is 10.8 Å². The molecule has 0 spiro atoms. The van der Waals surface area contributed by atoms with Crippen LogP contribution in [0, 0.1) is 0 Å². The molecule has 0 amide bonds. The molecule has 17 heavy (non-hydrogen) atoms. The molecule has 0 N–H and O–H groups in total. The lowest BCUT2D eigenvalue weighted by molar-refractivity contribution is -0.137. The van der Waals surface area contributed by atoms with Crippen LogP contribution in [0.15, 0.2) is 29.2 Å². The van der Waals surface area contributed by atoms with Gasteiger partial charge < -0.3 is 0 Å². The molecule has 96 valence electrons. The van der Waals surface area contributed by atoms with Gasteiger partial charge in [-0.3, -0.25) is 0 Å². The molecule has 0 radical (unpaired) electrons. The first-order valence-corrected chi connectivity index (χ1v) is 6.89. The third-order valence-corrected chi connectivity index (χ3v) is 4.69. The molecule has 1 aromatic carbocycles. The summed E-state index contributed by atoms with van der Waals surface area (Å²) < 4.78 is 82.6. The summed E-state index contributed by atoms with van der Waals surface area (Å²) in [7, 11) is -4.94. The van der Waals surface area contributed by atoms with Crippen molar-refractivity contribution in [2.45, 2.75) is 16.8 Å². The van der Waals surface area contributed by atoms with Crippen molar-refractivity contribution in [1.82, 2.24) is 0 Å². The molecule has 2 nitrogen and oxygen atoms in total. The lowest BCUT2D eigenvalue weighted by Crippen LogP contribution is -2.05. The quantitative estimate of drug-likeness (QED) is 0.633. The van der Waals surface area contributed by atoms with E-state index in [-0.39, 0.29) is 0 Å². The normalized spacial score (nSPS) is 13.1. The van der Waals surface area contributed by atoms with Crippen LogP contribution in [-0.2, 0) is 15.0 Å². The van der Waals surface area contributed by atoms with Crippen LogP contribution in [0.5, 0.6) is 0 Å². The van der Waals surface area contributed by atoms with Crippen LogP contribution in [-0.4, -0.2) is 14.2 Å². The number of hydrogen-bond acceptors (Lipinski definition) is 3. The van der Waals surface area contributed by atoms with Gasteiger partial charge in [0.2, 0.25) is 8.87 Å². The Balaban J connectivity index is 3.03. The molecule has 0 saturated heterocycles. The molecular formula is C8H5F5O2S2. The number of halogens is 5. The van der Waals surface area contributed by atoms with Crippen LogP contribution >= 0.6 is 10.8 Å². The topological polar surface area (TPSA) is 34.1 Å². The summed E-state index contributed by atoms with van der Waals surface area (Å²) in [6, 6.07) is 2.35. The Morgan fingerprint density at radius 3 is 1.88 bits per heavy atom. The van der Waals surface area contributed by atoms with Crippen molar-refractivity contribution in [1.29, 1.82) is 0 Å². The van der Waals surface area contributed by atoms with Crippen LogP contribution in [0.3, 0.4) is 0 Å². The van der Waals surface area contributed by atoms with E-state index in [9.17, 15) is 30.4 Å². The van der Waals surface area contributed by atoms with E-state index in [1.54, 1.807) is 0 Å². The van der Waals surface area contributed by atoms with Crippen molar-refractivity contribution in [3.05, 3.63) is 29.8 Å². The van der Waals surface area contributed by atoms with Crippen molar-refractivity contribution in [2.75, 3.05) is 0 Å². The van der Waals surface area contributed by atoms with E-state index in [1.807, 2.05) is 0 Å². The van der Waals surface area contributed by atoms with Gasteiger partial charge in [-0.1, -0.05) is 0 Å². The number of benzene rings is 1. The molecule has 1 rings (SSSR count). The predicted octanol–water partition coefficient (Wildman–Crippen LogP) is 3.35. The summed E-state index contributed by atoms with van der Waals surface area (Å²) in [5.41, 5.74) is -1.04. The molecule has 0 atom stereocenters. The van der Waals surface area contributed by atoms with Crippen molar-refractivity contribution in [3.8, 4) is 0 Å². The van der Waals surface area contributed by atoms with Gasteiger partial charge in [0.1, 0.15) is 0 Å². The first-order chi connectivity index (χ1) is 7.63. The van der Waals surface area contributed by atoms with Gasteiger partial charge in [-0.05, 0) is 24.3 Å². The third-order valence-electron chi connectivity index (χ3n) is 1.67. The Morgan fingerprint density at radius 1 is 1.06 bits per heavy atom.